The van der Waals surface area contributed by atoms with Gasteiger partial charge in [0.1, 0.15) is 11.6 Å². The van der Waals surface area contributed by atoms with Crippen molar-refractivity contribution in [3.05, 3.63) is 60.0 Å². The molecule has 5 rings (SSSR count). The Morgan fingerprint density at radius 3 is 2.29 bits per heavy atom. The predicted octanol–water partition coefficient (Wildman–Crippen LogP) is 4.24. The normalized spacial score (nSPS) is 14.3. The van der Waals surface area contributed by atoms with E-state index in [-0.39, 0.29) is 0 Å². The minimum atomic E-state index is 0.551. The van der Waals surface area contributed by atoms with Crippen molar-refractivity contribution in [3.63, 3.8) is 0 Å². The highest BCUT2D eigenvalue weighted by Gasteiger charge is 2.23. The van der Waals surface area contributed by atoms with Crippen molar-refractivity contribution in [1.29, 1.82) is 0 Å². The van der Waals surface area contributed by atoms with Gasteiger partial charge in [0.05, 0.1) is 18.2 Å². The Kier molecular flexibility index (Phi) is 4.94. The van der Waals surface area contributed by atoms with E-state index in [1.54, 1.807) is 7.11 Å². The Morgan fingerprint density at radius 1 is 0.871 bits per heavy atom. The van der Waals surface area contributed by atoms with Crippen LogP contribution in [0.25, 0.3) is 22.3 Å². The number of hydrogen-bond acceptors (Lipinski definition) is 7. The topological polar surface area (TPSA) is 67.5 Å². The summed E-state index contributed by atoms with van der Waals surface area (Å²) in [5.74, 6) is 2.92. The highest BCUT2D eigenvalue weighted by Crippen LogP contribution is 2.32. The molecule has 1 fully saturated rings. The van der Waals surface area contributed by atoms with Crippen LogP contribution in [0.3, 0.4) is 0 Å². The van der Waals surface area contributed by atoms with Crippen LogP contribution in [0, 0.1) is 13.8 Å². The maximum Gasteiger partial charge on any atom is 0.223 e. The number of hydrogen-bond donors (Lipinski definition) is 0. The molecule has 158 valence electrons. The van der Waals surface area contributed by atoms with E-state index in [1.165, 1.54) is 11.3 Å². The molecule has 31 heavy (non-hydrogen) atoms. The van der Waals surface area contributed by atoms with Gasteiger partial charge < -0.3 is 19.1 Å². The average molecular weight is 415 g/mol. The second-order valence-electron chi connectivity index (χ2n) is 7.86. The van der Waals surface area contributed by atoms with Gasteiger partial charge in [0.2, 0.25) is 11.7 Å². The third-order valence-electron chi connectivity index (χ3n) is 5.74. The van der Waals surface area contributed by atoms with Gasteiger partial charge in [-0.3, -0.25) is 0 Å². The molecule has 0 atom stereocenters. The molecular formula is C24H25N5O2. The molecule has 3 heterocycles. The number of piperazine rings is 1. The first kappa shape index (κ1) is 19.4. The molecule has 0 amide bonds. The largest absolute Gasteiger partial charge is 0.497 e. The number of ether oxygens (including phenoxy) is 1. The van der Waals surface area contributed by atoms with E-state index in [4.69, 9.17) is 14.2 Å². The van der Waals surface area contributed by atoms with E-state index in [0.29, 0.717) is 11.7 Å². The smallest absolute Gasteiger partial charge is 0.223 e. The maximum atomic E-state index is 5.28. The average Bonchev–Trinajstić information content (AvgIpc) is 3.24. The van der Waals surface area contributed by atoms with Crippen LogP contribution in [-0.4, -0.2) is 48.4 Å². The van der Waals surface area contributed by atoms with E-state index in [2.05, 4.69) is 63.3 Å². The predicted molar refractivity (Wildman–Crippen MR) is 122 cm³/mol. The van der Waals surface area contributed by atoms with Gasteiger partial charge in [-0.15, -0.1) is 0 Å². The van der Waals surface area contributed by atoms with E-state index in [0.717, 1.165) is 54.2 Å². The third-order valence-corrected chi connectivity index (χ3v) is 5.74. The molecule has 0 N–H and O–H groups in total. The summed E-state index contributed by atoms with van der Waals surface area (Å²) < 4.78 is 10.5. The number of anilines is 2. The molecule has 0 spiro atoms. The van der Waals surface area contributed by atoms with Crippen molar-refractivity contribution in [1.82, 2.24) is 15.1 Å². The highest BCUT2D eigenvalue weighted by molar-refractivity contribution is 5.88. The van der Waals surface area contributed by atoms with E-state index in [1.807, 2.05) is 19.1 Å². The number of fused-ring (bicyclic) bond motifs is 1. The maximum absolute atomic E-state index is 5.28. The highest BCUT2D eigenvalue weighted by atomic mass is 16.5. The first-order chi connectivity index (χ1) is 15.1. The van der Waals surface area contributed by atoms with Crippen molar-refractivity contribution in [2.24, 2.45) is 0 Å². The Morgan fingerprint density at radius 2 is 1.61 bits per heavy atom. The number of aryl methyl sites for hydroxylation is 2. The van der Waals surface area contributed by atoms with Gasteiger partial charge in [0.25, 0.3) is 0 Å². The van der Waals surface area contributed by atoms with Crippen molar-refractivity contribution < 1.29 is 9.26 Å². The molecule has 2 aromatic carbocycles. The molecule has 0 unspecified atom stereocenters. The zero-order chi connectivity index (χ0) is 21.4. The number of benzene rings is 2. The monoisotopic (exact) mass is 415 g/mol. The van der Waals surface area contributed by atoms with Crippen molar-refractivity contribution >= 4 is 22.4 Å². The summed E-state index contributed by atoms with van der Waals surface area (Å²) in [5.41, 5.74) is 4.29. The summed E-state index contributed by atoms with van der Waals surface area (Å²) in [6.07, 6.45) is 0. The fraction of sp³-hybridized carbons (Fsp3) is 0.292. The Labute approximate surface area is 181 Å². The van der Waals surface area contributed by atoms with Crippen LogP contribution in [0.4, 0.5) is 11.5 Å². The summed E-state index contributed by atoms with van der Waals surface area (Å²) in [4.78, 5) is 14.2. The molecule has 0 aliphatic carbocycles. The van der Waals surface area contributed by atoms with Gasteiger partial charge in [-0.2, -0.15) is 4.98 Å². The number of rotatable bonds is 4. The lowest BCUT2D eigenvalue weighted by molar-refractivity contribution is 0.394. The zero-order valence-electron chi connectivity index (χ0n) is 18.0. The van der Waals surface area contributed by atoms with Crippen LogP contribution in [-0.2, 0) is 0 Å². The van der Waals surface area contributed by atoms with Gasteiger partial charge in [-0.25, -0.2) is 4.98 Å². The molecule has 0 radical (unpaired) electrons. The number of aromatic nitrogens is 3. The van der Waals surface area contributed by atoms with Crippen molar-refractivity contribution in [2.75, 3.05) is 43.1 Å². The molecule has 1 aliphatic heterocycles. The minimum Gasteiger partial charge on any atom is -0.497 e. The van der Waals surface area contributed by atoms with E-state index in [9.17, 15) is 0 Å². The molecule has 2 aromatic heterocycles. The third kappa shape index (κ3) is 3.79. The Balaban J connectivity index is 1.46. The summed E-state index contributed by atoms with van der Waals surface area (Å²) >= 11 is 0. The summed E-state index contributed by atoms with van der Waals surface area (Å²) in [7, 11) is 1.69. The quantitative estimate of drug-likeness (QED) is 0.494. The number of methoxy groups -OCH3 is 1. The van der Waals surface area contributed by atoms with Crippen LogP contribution in [0.1, 0.15) is 11.5 Å². The summed E-state index contributed by atoms with van der Waals surface area (Å²) in [5, 5.41) is 5.26. The lowest BCUT2D eigenvalue weighted by Crippen LogP contribution is -2.47. The van der Waals surface area contributed by atoms with Gasteiger partial charge in [-0.05, 0) is 49.4 Å². The molecular weight excluding hydrogens is 390 g/mol. The van der Waals surface area contributed by atoms with Crippen LogP contribution in [0.5, 0.6) is 5.75 Å². The van der Waals surface area contributed by atoms with Crippen LogP contribution < -0.4 is 14.5 Å². The fourth-order valence-corrected chi connectivity index (χ4v) is 4.07. The van der Waals surface area contributed by atoms with Gasteiger partial charge in [-0.1, -0.05) is 16.8 Å². The number of nitrogens with zero attached hydrogens (tertiary/aromatic N) is 5. The lowest BCUT2D eigenvalue weighted by atomic mass is 10.1. The molecule has 7 nitrogen and oxygen atoms in total. The standard InChI is InChI=1S/C24H25N5O2/c1-16-4-9-22-18(14-16)15-21(23-25-17(2)31-27-23)24(26-22)29-12-10-28(11-13-29)19-5-7-20(30-3)8-6-19/h4-9,14-15H,10-13H2,1-3H3. The SMILES string of the molecule is COc1ccc(N2CCN(c3nc4ccc(C)cc4cc3-c3noc(C)n3)CC2)cc1. The van der Waals surface area contributed by atoms with Crippen LogP contribution in [0.15, 0.2) is 53.1 Å². The molecule has 0 saturated carbocycles. The Hall–Kier alpha value is -3.61. The summed E-state index contributed by atoms with van der Waals surface area (Å²) in [6, 6.07) is 16.7. The van der Waals surface area contributed by atoms with Crippen molar-refractivity contribution in [3.8, 4) is 17.1 Å². The van der Waals surface area contributed by atoms with Crippen LogP contribution >= 0.6 is 0 Å². The van der Waals surface area contributed by atoms with E-state index < -0.39 is 0 Å². The zero-order valence-corrected chi connectivity index (χ0v) is 18.0. The molecule has 1 saturated heterocycles. The molecule has 1 aliphatic rings. The molecule has 7 heteroatoms. The minimum absolute atomic E-state index is 0.551. The van der Waals surface area contributed by atoms with Crippen LogP contribution in [0.2, 0.25) is 0 Å². The van der Waals surface area contributed by atoms with Gasteiger partial charge in [0.15, 0.2) is 0 Å². The van der Waals surface area contributed by atoms with Gasteiger partial charge >= 0.3 is 0 Å². The first-order valence-electron chi connectivity index (χ1n) is 10.5. The Bertz CT molecular complexity index is 1210. The number of pyridine rings is 1. The second-order valence-corrected chi connectivity index (χ2v) is 7.86. The fourth-order valence-electron chi connectivity index (χ4n) is 4.07. The van der Waals surface area contributed by atoms with E-state index >= 15 is 0 Å². The van der Waals surface area contributed by atoms with Gasteiger partial charge in [0, 0.05) is 44.2 Å². The van der Waals surface area contributed by atoms with Crippen molar-refractivity contribution in [2.45, 2.75) is 13.8 Å². The molecule has 4 aromatic rings. The molecule has 0 bridgehead atoms. The lowest BCUT2D eigenvalue weighted by Gasteiger charge is -2.37. The second kappa shape index (κ2) is 7.91. The summed E-state index contributed by atoms with van der Waals surface area (Å²) in [6.45, 7) is 7.43. The first-order valence-corrected chi connectivity index (χ1v) is 10.5.